The molecule has 2 aliphatic rings. The first-order chi connectivity index (χ1) is 11.2. The number of carbonyl (C=O) groups excluding carboxylic acids is 2. The monoisotopic (exact) mass is 317 g/mol. The van der Waals surface area contributed by atoms with Gasteiger partial charge in [-0.2, -0.15) is 0 Å². The molecular weight excluding hydrogens is 294 g/mol. The summed E-state index contributed by atoms with van der Waals surface area (Å²) in [6.07, 6.45) is 2.11. The number of amides is 2. The first kappa shape index (κ1) is 16.0. The number of rotatable bonds is 4. The minimum absolute atomic E-state index is 0.0162. The van der Waals surface area contributed by atoms with Gasteiger partial charge in [0.05, 0.1) is 17.9 Å². The molecule has 1 aromatic rings. The Morgan fingerprint density at radius 3 is 2.78 bits per heavy atom. The number of benzene rings is 1. The zero-order valence-electron chi connectivity index (χ0n) is 13.5. The maximum atomic E-state index is 12.7. The van der Waals surface area contributed by atoms with Crippen LogP contribution >= 0.6 is 0 Å². The Balaban J connectivity index is 1.62. The van der Waals surface area contributed by atoms with E-state index in [9.17, 15) is 9.59 Å². The Labute approximate surface area is 136 Å². The Hall–Kier alpha value is -1.92. The molecule has 1 aromatic carbocycles. The smallest absolute Gasteiger partial charge is 0.244 e. The summed E-state index contributed by atoms with van der Waals surface area (Å²) in [6.45, 7) is 3.06. The average molecular weight is 317 g/mol. The van der Waals surface area contributed by atoms with E-state index >= 15 is 0 Å². The lowest BCUT2D eigenvalue weighted by atomic mass is 9.98. The van der Waals surface area contributed by atoms with Crippen LogP contribution in [0.2, 0.25) is 0 Å². The van der Waals surface area contributed by atoms with E-state index < -0.39 is 0 Å². The Morgan fingerprint density at radius 2 is 2.04 bits per heavy atom. The molecule has 2 heterocycles. The molecule has 1 saturated heterocycles. The van der Waals surface area contributed by atoms with Gasteiger partial charge in [-0.15, -0.1) is 0 Å². The van der Waals surface area contributed by atoms with Gasteiger partial charge in [0.1, 0.15) is 6.54 Å². The second-order valence-corrected chi connectivity index (χ2v) is 6.22. The van der Waals surface area contributed by atoms with Crippen molar-refractivity contribution in [3.8, 4) is 0 Å². The maximum Gasteiger partial charge on any atom is 0.244 e. The van der Waals surface area contributed by atoms with Crippen LogP contribution in [0.3, 0.4) is 0 Å². The summed E-state index contributed by atoms with van der Waals surface area (Å²) < 4.78 is 5.21. The predicted molar refractivity (Wildman–Crippen MR) is 88.5 cm³/mol. The number of hydrogen-bond donors (Lipinski definition) is 1. The van der Waals surface area contributed by atoms with Gasteiger partial charge in [-0.05, 0) is 44.0 Å². The molecule has 6 heteroatoms. The largest absolute Gasteiger partial charge is 0.384 e. The van der Waals surface area contributed by atoms with Gasteiger partial charge >= 0.3 is 0 Å². The van der Waals surface area contributed by atoms with Crippen LogP contribution < -0.4 is 10.2 Å². The van der Waals surface area contributed by atoms with Crippen LogP contribution in [0.4, 0.5) is 11.4 Å². The second-order valence-electron chi connectivity index (χ2n) is 6.22. The van der Waals surface area contributed by atoms with Crippen molar-refractivity contribution in [1.82, 2.24) is 4.90 Å². The number of fused-ring (bicyclic) bond motifs is 1. The third kappa shape index (κ3) is 3.71. The first-order valence-corrected chi connectivity index (χ1v) is 8.08. The number of carbonyl (C=O) groups is 2. The highest BCUT2D eigenvalue weighted by Crippen LogP contribution is 2.29. The number of nitrogens with zero attached hydrogens (tertiary/aromatic N) is 2. The van der Waals surface area contributed by atoms with Crippen LogP contribution in [-0.2, 0) is 14.3 Å². The Kier molecular flexibility index (Phi) is 4.93. The molecule has 0 spiro atoms. The molecule has 23 heavy (non-hydrogen) atoms. The third-order valence-electron chi connectivity index (χ3n) is 4.54. The quantitative estimate of drug-likeness (QED) is 0.910. The SMILES string of the molecule is COCC1CCN(CC(=O)N2CC(=O)Nc3ccccc32)CC1. The number of likely N-dealkylation sites (tertiary alicyclic amines) is 1. The van der Waals surface area contributed by atoms with E-state index in [0.29, 0.717) is 18.2 Å². The summed E-state index contributed by atoms with van der Waals surface area (Å²) in [5.74, 6) is 0.432. The van der Waals surface area contributed by atoms with E-state index in [1.54, 1.807) is 12.0 Å². The lowest BCUT2D eigenvalue weighted by molar-refractivity contribution is -0.123. The van der Waals surface area contributed by atoms with Crippen LogP contribution in [0.5, 0.6) is 0 Å². The van der Waals surface area contributed by atoms with E-state index in [4.69, 9.17) is 4.74 Å². The van der Waals surface area contributed by atoms with Crippen molar-refractivity contribution in [3.05, 3.63) is 24.3 Å². The fraction of sp³-hybridized carbons (Fsp3) is 0.529. The van der Waals surface area contributed by atoms with Crippen molar-refractivity contribution in [3.63, 3.8) is 0 Å². The number of nitrogens with one attached hydrogen (secondary N) is 1. The van der Waals surface area contributed by atoms with Gasteiger partial charge < -0.3 is 10.1 Å². The summed E-state index contributed by atoms with van der Waals surface area (Å²) in [5.41, 5.74) is 1.49. The first-order valence-electron chi connectivity index (χ1n) is 8.08. The molecule has 1 N–H and O–H groups in total. The van der Waals surface area contributed by atoms with Crippen molar-refractivity contribution in [2.45, 2.75) is 12.8 Å². The van der Waals surface area contributed by atoms with Crippen LogP contribution in [0.15, 0.2) is 24.3 Å². The highest BCUT2D eigenvalue weighted by Gasteiger charge is 2.28. The average Bonchev–Trinajstić information content (AvgIpc) is 2.56. The third-order valence-corrected chi connectivity index (χ3v) is 4.54. The summed E-state index contributed by atoms with van der Waals surface area (Å²) >= 11 is 0. The van der Waals surface area contributed by atoms with Gasteiger partial charge in [0.15, 0.2) is 0 Å². The predicted octanol–water partition coefficient (Wildman–Crippen LogP) is 1.33. The van der Waals surface area contributed by atoms with Gasteiger partial charge in [-0.3, -0.25) is 19.4 Å². The molecule has 2 amide bonds. The van der Waals surface area contributed by atoms with E-state index in [1.807, 2.05) is 24.3 Å². The van der Waals surface area contributed by atoms with E-state index in [1.165, 1.54) is 0 Å². The molecule has 0 atom stereocenters. The zero-order valence-corrected chi connectivity index (χ0v) is 13.5. The molecule has 124 valence electrons. The molecule has 0 bridgehead atoms. The molecule has 2 aliphatic heterocycles. The molecule has 0 unspecified atom stereocenters. The van der Waals surface area contributed by atoms with Gasteiger partial charge in [0.25, 0.3) is 0 Å². The van der Waals surface area contributed by atoms with Crippen molar-refractivity contribution in [1.29, 1.82) is 0 Å². The van der Waals surface area contributed by atoms with Gasteiger partial charge in [-0.25, -0.2) is 0 Å². The molecule has 3 rings (SSSR count). The van der Waals surface area contributed by atoms with E-state index in [2.05, 4.69) is 10.2 Å². The number of para-hydroxylation sites is 2. The molecule has 6 nitrogen and oxygen atoms in total. The van der Waals surface area contributed by atoms with Gasteiger partial charge in [-0.1, -0.05) is 12.1 Å². The van der Waals surface area contributed by atoms with Gasteiger partial charge in [0.2, 0.25) is 11.8 Å². The maximum absolute atomic E-state index is 12.7. The summed E-state index contributed by atoms with van der Waals surface area (Å²) in [6, 6.07) is 7.43. The molecule has 1 fully saturated rings. The number of methoxy groups -OCH3 is 1. The van der Waals surface area contributed by atoms with Crippen LogP contribution in [0, 0.1) is 5.92 Å². The number of hydrogen-bond acceptors (Lipinski definition) is 4. The minimum atomic E-state index is -0.143. The summed E-state index contributed by atoms with van der Waals surface area (Å²) in [7, 11) is 1.73. The van der Waals surface area contributed by atoms with Crippen molar-refractivity contribution >= 4 is 23.2 Å². The van der Waals surface area contributed by atoms with Crippen LogP contribution in [0.25, 0.3) is 0 Å². The number of ether oxygens (including phenoxy) is 1. The van der Waals surface area contributed by atoms with E-state index in [0.717, 1.165) is 38.2 Å². The highest BCUT2D eigenvalue weighted by atomic mass is 16.5. The lowest BCUT2D eigenvalue weighted by Gasteiger charge is -2.34. The fourth-order valence-corrected chi connectivity index (χ4v) is 3.28. The van der Waals surface area contributed by atoms with Crippen molar-refractivity contribution in [2.75, 3.05) is 50.1 Å². The molecular formula is C17H23N3O3. The number of piperidine rings is 1. The van der Waals surface area contributed by atoms with Crippen LogP contribution in [-0.4, -0.2) is 56.6 Å². The Morgan fingerprint density at radius 1 is 1.30 bits per heavy atom. The highest BCUT2D eigenvalue weighted by molar-refractivity contribution is 6.10. The number of anilines is 2. The topological polar surface area (TPSA) is 61.9 Å². The molecule has 0 saturated carbocycles. The van der Waals surface area contributed by atoms with Gasteiger partial charge in [0, 0.05) is 13.7 Å². The minimum Gasteiger partial charge on any atom is -0.384 e. The van der Waals surface area contributed by atoms with Crippen molar-refractivity contribution < 1.29 is 14.3 Å². The van der Waals surface area contributed by atoms with Crippen molar-refractivity contribution in [2.24, 2.45) is 5.92 Å². The Bertz CT molecular complexity index is 582. The zero-order chi connectivity index (χ0) is 16.2. The molecule has 0 radical (unpaired) electrons. The van der Waals surface area contributed by atoms with Crippen LogP contribution in [0.1, 0.15) is 12.8 Å². The summed E-state index contributed by atoms with van der Waals surface area (Å²) in [4.78, 5) is 28.2. The lowest BCUT2D eigenvalue weighted by Crippen LogP contribution is -2.48. The molecule has 0 aliphatic carbocycles. The summed E-state index contributed by atoms with van der Waals surface area (Å²) in [5, 5.41) is 2.81. The standard InChI is InChI=1S/C17H23N3O3/c1-23-12-13-6-8-19(9-7-13)11-17(22)20-10-16(21)18-14-4-2-3-5-15(14)20/h2-5,13H,6-12H2,1H3,(H,18,21). The fourth-order valence-electron chi connectivity index (χ4n) is 3.28. The van der Waals surface area contributed by atoms with E-state index in [-0.39, 0.29) is 18.4 Å². The second kappa shape index (κ2) is 7.10. The molecule has 0 aromatic heterocycles. The normalized spacial score (nSPS) is 19.3.